The van der Waals surface area contributed by atoms with E-state index in [1.54, 1.807) is 7.05 Å². The molecule has 0 aromatic heterocycles. The fraction of sp³-hybridized carbons (Fsp3) is 0.917. The van der Waals surface area contributed by atoms with Crippen LogP contribution in [0.5, 0.6) is 0 Å². The number of likely N-dealkylation sites (N-methyl/N-ethyl adjacent to an activating group) is 1. The van der Waals surface area contributed by atoms with Gasteiger partial charge in [0.15, 0.2) is 0 Å². The topological polar surface area (TPSA) is 50.8 Å². The van der Waals surface area contributed by atoms with Gasteiger partial charge in [-0.15, -0.1) is 0 Å². The standard InChI is InChI=1S/C12H24N2O3/c1-4-10-9-17-8-7-14(10)6-5-11(13-2)12(15)16-3/h10-11,13H,4-9H2,1-3H3. The van der Waals surface area contributed by atoms with Crippen molar-refractivity contribution in [2.75, 3.05) is 40.5 Å². The minimum absolute atomic E-state index is 0.186. The molecule has 1 rings (SSSR count). The highest BCUT2D eigenvalue weighted by atomic mass is 16.5. The van der Waals surface area contributed by atoms with Crippen molar-refractivity contribution >= 4 is 5.97 Å². The van der Waals surface area contributed by atoms with Crippen molar-refractivity contribution in [3.05, 3.63) is 0 Å². The van der Waals surface area contributed by atoms with E-state index in [0.29, 0.717) is 6.04 Å². The van der Waals surface area contributed by atoms with Crippen molar-refractivity contribution in [3.8, 4) is 0 Å². The quantitative estimate of drug-likeness (QED) is 0.679. The lowest BCUT2D eigenvalue weighted by molar-refractivity contribution is -0.143. The molecule has 2 unspecified atom stereocenters. The Hall–Kier alpha value is -0.650. The van der Waals surface area contributed by atoms with E-state index in [0.717, 1.165) is 39.1 Å². The largest absolute Gasteiger partial charge is 0.468 e. The molecule has 0 radical (unpaired) electrons. The molecule has 0 saturated carbocycles. The summed E-state index contributed by atoms with van der Waals surface area (Å²) in [6.45, 7) is 5.62. The number of hydrogen-bond donors (Lipinski definition) is 1. The Morgan fingerprint density at radius 1 is 1.65 bits per heavy atom. The van der Waals surface area contributed by atoms with Crippen molar-refractivity contribution in [1.82, 2.24) is 10.2 Å². The second kappa shape index (κ2) is 7.63. The van der Waals surface area contributed by atoms with E-state index in [1.165, 1.54) is 7.11 Å². The highest BCUT2D eigenvalue weighted by Gasteiger charge is 2.24. The van der Waals surface area contributed by atoms with Gasteiger partial charge in [0.2, 0.25) is 0 Å². The SMILES string of the molecule is CCC1COCCN1CCC(NC)C(=O)OC. The number of hydrogen-bond acceptors (Lipinski definition) is 5. The van der Waals surface area contributed by atoms with Gasteiger partial charge in [-0.3, -0.25) is 9.69 Å². The number of nitrogens with one attached hydrogen (secondary N) is 1. The first-order valence-corrected chi connectivity index (χ1v) is 6.29. The molecular formula is C12H24N2O3. The molecule has 0 spiro atoms. The molecule has 1 heterocycles. The monoisotopic (exact) mass is 244 g/mol. The lowest BCUT2D eigenvalue weighted by Crippen LogP contribution is -2.47. The molecular weight excluding hydrogens is 220 g/mol. The molecule has 100 valence electrons. The number of rotatable bonds is 6. The van der Waals surface area contributed by atoms with Crippen LogP contribution in [-0.4, -0.2) is 63.4 Å². The fourth-order valence-corrected chi connectivity index (χ4v) is 2.18. The third kappa shape index (κ3) is 4.26. The highest BCUT2D eigenvalue weighted by Crippen LogP contribution is 2.11. The van der Waals surface area contributed by atoms with Gasteiger partial charge in [-0.25, -0.2) is 0 Å². The Labute approximate surface area is 103 Å². The molecule has 0 aliphatic carbocycles. The number of nitrogens with zero attached hydrogens (tertiary/aromatic N) is 1. The van der Waals surface area contributed by atoms with Crippen molar-refractivity contribution < 1.29 is 14.3 Å². The van der Waals surface area contributed by atoms with Crippen molar-refractivity contribution in [2.24, 2.45) is 0 Å². The zero-order valence-electron chi connectivity index (χ0n) is 11.1. The summed E-state index contributed by atoms with van der Waals surface area (Å²) in [6.07, 6.45) is 1.86. The predicted molar refractivity (Wildman–Crippen MR) is 66.0 cm³/mol. The predicted octanol–water partition coefficient (Wildman–Crippen LogP) is 0.248. The van der Waals surface area contributed by atoms with Crippen molar-refractivity contribution in [1.29, 1.82) is 0 Å². The van der Waals surface area contributed by atoms with E-state index < -0.39 is 0 Å². The first-order valence-electron chi connectivity index (χ1n) is 6.29. The van der Waals surface area contributed by atoms with Gasteiger partial charge in [-0.1, -0.05) is 6.92 Å². The van der Waals surface area contributed by atoms with Crippen molar-refractivity contribution in [2.45, 2.75) is 31.8 Å². The molecule has 17 heavy (non-hydrogen) atoms. The van der Waals surface area contributed by atoms with Gasteiger partial charge in [0, 0.05) is 19.1 Å². The molecule has 5 heteroatoms. The lowest BCUT2D eigenvalue weighted by atomic mass is 10.1. The molecule has 0 amide bonds. The lowest BCUT2D eigenvalue weighted by Gasteiger charge is -2.35. The average molecular weight is 244 g/mol. The van der Waals surface area contributed by atoms with Crippen LogP contribution in [0.4, 0.5) is 0 Å². The van der Waals surface area contributed by atoms with Gasteiger partial charge in [-0.2, -0.15) is 0 Å². The maximum absolute atomic E-state index is 11.4. The molecule has 1 N–H and O–H groups in total. The average Bonchev–Trinajstić information content (AvgIpc) is 2.39. The Bertz CT molecular complexity index is 236. The van der Waals surface area contributed by atoms with E-state index in [1.807, 2.05) is 0 Å². The first-order chi connectivity index (χ1) is 8.22. The van der Waals surface area contributed by atoms with E-state index in [9.17, 15) is 4.79 Å². The van der Waals surface area contributed by atoms with Gasteiger partial charge >= 0.3 is 5.97 Å². The van der Waals surface area contributed by atoms with Gasteiger partial charge in [-0.05, 0) is 19.9 Å². The smallest absolute Gasteiger partial charge is 0.322 e. The van der Waals surface area contributed by atoms with Crippen LogP contribution in [0.1, 0.15) is 19.8 Å². The Morgan fingerprint density at radius 2 is 2.41 bits per heavy atom. The normalized spacial score (nSPS) is 23.4. The number of ether oxygens (including phenoxy) is 2. The van der Waals surface area contributed by atoms with Crippen LogP contribution in [0, 0.1) is 0 Å². The van der Waals surface area contributed by atoms with Crippen LogP contribution < -0.4 is 5.32 Å². The molecule has 2 atom stereocenters. The highest BCUT2D eigenvalue weighted by molar-refractivity contribution is 5.75. The molecule has 1 fully saturated rings. The van der Waals surface area contributed by atoms with Crippen LogP contribution in [-0.2, 0) is 14.3 Å². The zero-order chi connectivity index (χ0) is 12.7. The van der Waals surface area contributed by atoms with Gasteiger partial charge < -0.3 is 14.8 Å². The summed E-state index contributed by atoms with van der Waals surface area (Å²) >= 11 is 0. The summed E-state index contributed by atoms with van der Waals surface area (Å²) in [7, 11) is 3.22. The van der Waals surface area contributed by atoms with Gasteiger partial charge in [0.25, 0.3) is 0 Å². The number of methoxy groups -OCH3 is 1. The molecule has 1 aliphatic heterocycles. The summed E-state index contributed by atoms with van der Waals surface area (Å²) in [5.74, 6) is -0.186. The molecule has 0 aromatic carbocycles. The summed E-state index contributed by atoms with van der Waals surface area (Å²) in [4.78, 5) is 13.8. The van der Waals surface area contributed by atoms with Crippen LogP contribution >= 0.6 is 0 Å². The zero-order valence-corrected chi connectivity index (χ0v) is 11.1. The number of esters is 1. The molecule has 5 nitrogen and oxygen atoms in total. The number of carbonyl (C=O) groups excluding carboxylic acids is 1. The minimum atomic E-state index is -0.208. The Kier molecular flexibility index (Phi) is 6.47. The molecule has 1 aliphatic rings. The molecule has 0 bridgehead atoms. The summed E-state index contributed by atoms with van der Waals surface area (Å²) in [5.41, 5.74) is 0. The number of morpholine rings is 1. The number of carbonyl (C=O) groups is 1. The maximum atomic E-state index is 11.4. The summed E-state index contributed by atoms with van der Waals surface area (Å²) in [5, 5.41) is 2.99. The summed E-state index contributed by atoms with van der Waals surface area (Å²) < 4.78 is 10.2. The van der Waals surface area contributed by atoms with E-state index in [-0.39, 0.29) is 12.0 Å². The van der Waals surface area contributed by atoms with E-state index in [4.69, 9.17) is 9.47 Å². The molecule has 0 aromatic rings. The summed E-state index contributed by atoms with van der Waals surface area (Å²) in [6, 6.07) is 0.277. The first kappa shape index (κ1) is 14.4. The third-order valence-electron chi connectivity index (χ3n) is 3.36. The van der Waals surface area contributed by atoms with Crippen LogP contribution in [0.2, 0.25) is 0 Å². The Morgan fingerprint density at radius 3 is 3.00 bits per heavy atom. The Balaban J connectivity index is 2.38. The molecule has 1 saturated heterocycles. The van der Waals surface area contributed by atoms with E-state index >= 15 is 0 Å². The van der Waals surface area contributed by atoms with Gasteiger partial charge in [0.05, 0.1) is 20.3 Å². The van der Waals surface area contributed by atoms with Crippen LogP contribution in [0.15, 0.2) is 0 Å². The fourth-order valence-electron chi connectivity index (χ4n) is 2.18. The maximum Gasteiger partial charge on any atom is 0.322 e. The second-order valence-corrected chi connectivity index (χ2v) is 4.33. The minimum Gasteiger partial charge on any atom is -0.468 e. The van der Waals surface area contributed by atoms with Crippen LogP contribution in [0.3, 0.4) is 0 Å². The van der Waals surface area contributed by atoms with E-state index in [2.05, 4.69) is 17.1 Å². The van der Waals surface area contributed by atoms with Crippen LogP contribution in [0.25, 0.3) is 0 Å². The van der Waals surface area contributed by atoms with Gasteiger partial charge in [0.1, 0.15) is 6.04 Å². The van der Waals surface area contributed by atoms with Crippen molar-refractivity contribution in [3.63, 3.8) is 0 Å². The third-order valence-corrected chi connectivity index (χ3v) is 3.36. The second-order valence-electron chi connectivity index (χ2n) is 4.33.